The van der Waals surface area contributed by atoms with Gasteiger partial charge in [-0.1, -0.05) is 54.6 Å². The van der Waals surface area contributed by atoms with Crippen LogP contribution < -0.4 is 0 Å². The van der Waals surface area contributed by atoms with Crippen LogP contribution in [-0.2, 0) is 19.5 Å². The zero-order valence-corrected chi connectivity index (χ0v) is 15.3. The van der Waals surface area contributed by atoms with Gasteiger partial charge in [-0.05, 0) is 34.9 Å². The van der Waals surface area contributed by atoms with Crippen LogP contribution >= 0.6 is 0 Å². The summed E-state index contributed by atoms with van der Waals surface area (Å²) in [5.74, 6) is 0.0266. The van der Waals surface area contributed by atoms with E-state index in [9.17, 15) is 9.59 Å². The molecule has 3 aromatic rings. The topological polar surface area (TPSA) is 61.2 Å². The van der Waals surface area contributed by atoms with Gasteiger partial charge in [0.2, 0.25) is 0 Å². The number of benzene rings is 3. The summed E-state index contributed by atoms with van der Waals surface area (Å²) < 4.78 is 0. The van der Waals surface area contributed by atoms with Crippen molar-refractivity contribution in [3.8, 4) is 6.07 Å². The number of Topliss-reactive ketones (excluding diaryl/α,β-unsaturated/α-hetero) is 1. The van der Waals surface area contributed by atoms with E-state index >= 15 is 0 Å². The van der Waals surface area contributed by atoms with Crippen LogP contribution in [0.2, 0.25) is 0 Å². The molecule has 3 aromatic carbocycles. The first-order valence-electron chi connectivity index (χ1n) is 9.12. The third-order valence-corrected chi connectivity index (χ3v) is 4.97. The highest BCUT2D eigenvalue weighted by atomic mass is 16.2. The molecule has 4 rings (SSSR count). The molecule has 1 aliphatic rings. The molecular formula is C24H18N2O2. The summed E-state index contributed by atoms with van der Waals surface area (Å²) in [6, 6.07) is 24.3. The minimum absolute atomic E-state index is 0.00472. The Morgan fingerprint density at radius 2 is 1.71 bits per heavy atom. The summed E-state index contributed by atoms with van der Waals surface area (Å²) in [6.07, 6.45) is 0.270. The lowest BCUT2D eigenvalue weighted by Crippen LogP contribution is -2.23. The molecule has 0 N–H and O–H groups in total. The molecule has 0 saturated heterocycles. The Hall–Kier alpha value is -3.71. The number of amides is 1. The highest BCUT2D eigenvalue weighted by molar-refractivity contribution is 5.99. The maximum atomic E-state index is 12.6. The quantitative estimate of drug-likeness (QED) is 0.638. The van der Waals surface area contributed by atoms with Crippen molar-refractivity contribution in [2.75, 3.05) is 0 Å². The zero-order chi connectivity index (χ0) is 19.5. The molecule has 0 spiro atoms. The lowest BCUT2D eigenvalue weighted by atomic mass is 9.99. The fraction of sp³-hybridized carbons (Fsp3) is 0.125. The number of fused-ring (bicyclic) bond motifs is 1. The second-order valence-corrected chi connectivity index (χ2v) is 6.93. The molecule has 0 atom stereocenters. The van der Waals surface area contributed by atoms with Gasteiger partial charge in [0.25, 0.3) is 5.91 Å². The zero-order valence-electron chi connectivity index (χ0n) is 15.3. The molecule has 0 aliphatic carbocycles. The van der Waals surface area contributed by atoms with E-state index in [2.05, 4.69) is 0 Å². The summed E-state index contributed by atoms with van der Waals surface area (Å²) in [5.41, 5.74) is 4.78. The van der Waals surface area contributed by atoms with Crippen molar-refractivity contribution in [1.82, 2.24) is 4.90 Å². The maximum absolute atomic E-state index is 12.6. The standard InChI is InChI=1S/C24H18N2O2/c25-14-17-6-9-20(10-7-17)23(27)13-19-8-11-22-21(12-19)16-26(24(22)28)15-18-4-2-1-3-5-18/h1-12H,13,15-16H2. The number of nitriles is 1. The summed E-state index contributed by atoms with van der Waals surface area (Å²) in [6.45, 7) is 1.13. The summed E-state index contributed by atoms with van der Waals surface area (Å²) in [5, 5.41) is 8.86. The number of hydrogen-bond donors (Lipinski definition) is 0. The summed E-state index contributed by atoms with van der Waals surface area (Å²) in [7, 11) is 0. The van der Waals surface area contributed by atoms with Crippen LogP contribution in [-0.4, -0.2) is 16.6 Å². The average molecular weight is 366 g/mol. The second kappa shape index (κ2) is 7.50. The average Bonchev–Trinajstić information content (AvgIpc) is 3.03. The fourth-order valence-electron chi connectivity index (χ4n) is 3.49. The van der Waals surface area contributed by atoms with Gasteiger partial charge in [-0.2, -0.15) is 5.26 Å². The number of nitrogens with zero attached hydrogens (tertiary/aromatic N) is 2. The Balaban J connectivity index is 1.48. The number of carbonyl (C=O) groups is 2. The first-order valence-corrected chi connectivity index (χ1v) is 9.12. The van der Waals surface area contributed by atoms with E-state index < -0.39 is 0 Å². The van der Waals surface area contributed by atoms with Crippen molar-refractivity contribution >= 4 is 11.7 Å². The molecule has 136 valence electrons. The van der Waals surface area contributed by atoms with Gasteiger partial charge in [-0.25, -0.2) is 0 Å². The monoisotopic (exact) mass is 366 g/mol. The van der Waals surface area contributed by atoms with Gasteiger partial charge in [0.05, 0.1) is 11.6 Å². The molecule has 0 bridgehead atoms. The number of hydrogen-bond acceptors (Lipinski definition) is 3. The predicted molar refractivity (Wildman–Crippen MR) is 106 cm³/mol. The van der Waals surface area contributed by atoms with Crippen LogP contribution in [0.15, 0.2) is 72.8 Å². The second-order valence-electron chi connectivity index (χ2n) is 6.93. The van der Waals surface area contributed by atoms with Crippen molar-refractivity contribution in [2.45, 2.75) is 19.5 Å². The highest BCUT2D eigenvalue weighted by Gasteiger charge is 2.27. The van der Waals surface area contributed by atoms with Crippen molar-refractivity contribution < 1.29 is 9.59 Å². The minimum atomic E-state index is -0.00472. The molecule has 1 amide bonds. The molecule has 0 unspecified atom stereocenters. The van der Waals surface area contributed by atoms with Crippen molar-refractivity contribution in [1.29, 1.82) is 5.26 Å². The van der Waals surface area contributed by atoms with Crippen LogP contribution in [0.1, 0.15) is 43.0 Å². The maximum Gasteiger partial charge on any atom is 0.254 e. The SMILES string of the molecule is N#Cc1ccc(C(=O)Cc2ccc3c(c2)CN(Cc2ccccc2)C3=O)cc1. The van der Waals surface area contributed by atoms with Crippen molar-refractivity contribution in [3.63, 3.8) is 0 Å². The van der Waals surface area contributed by atoms with Crippen LogP contribution in [0.5, 0.6) is 0 Å². The van der Waals surface area contributed by atoms with Gasteiger partial charge in [0.1, 0.15) is 0 Å². The minimum Gasteiger partial charge on any atom is -0.330 e. The molecule has 0 fully saturated rings. The van der Waals surface area contributed by atoms with Gasteiger partial charge < -0.3 is 4.90 Å². The lowest BCUT2D eigenvalue weighted by Gasteiger charge is -2.15. The van der Waals surface area contributed by atoms with Gasteiger partial charge in [0, 0.05) is 30.6 Å². The number of carbonyl (C=O) groups excluding carboxylic acids is 2. The molecule has 28 heavy (non-hydrogen) atoms. The van der Waals surface area contributed by atoms with E-state index in [-0.39, 0.29) is 18.1 Å². The molecule has 0 saturated carbocycles. The van der Waals surface area contributed by atoms with E-state index in [1.165, 1.54) is 0 Å². The van der Waals surface area contributed by atoms with Crippen LogP contribution in [0.3, 0.4) is 0 Å². The smallest absolute Gasteiger partial charge is 0.254 e. The van der Waals surface area contributed by atoms with Crippen LogP contribution in [0.4, 0.5) is 0 Å². The first kappa shape index (κ1) is 17.7. The van der Waals surface area contributed by atoms with Crippen molar-refractivity contribution in [3.05, 3.63) is 106 Å². The van der Waals surface area contributed by atoms with Gasteiger partial charge >= 0.3 is 0 Å². The van der Waals surface area contributed by atoms with Gasteiger partial charge in [0.15, 0.2) is 5.78 Å². The Kier molecular flexibility index (Phi) is 4.74. The lowest BCUT2D eigenvalue weighted by molar-refractivity contribution is 0.0766. The van der Waals surface area contributed by atoms with E-state index in [0.29, 0.717) is 29.8 Å². The largest absolute Gasteiger partial charge is 0.330 e. The molecule has 0 radical (unpaired) electrons. The first-order chi connectivity index (χ1) is 13.6. The predicted octanol–water partition coefficient (Wildman–Crippen LogP) is 4.14. The Morgan fingerprint density at radius 1 is 0.964 bits per heavy atom. The third-order valence-electron chi connectivity index (χ3n) is 4.97. The third kappa shape index (κ3) is 3.56. The molecular weight excluding hydrogens is 348 g/mol. The summed E-state index contributed by atoms with van der Waals surface area (Å²) >= 11 is 0. The van der Waals surface area contributed by atoms with Crippen LogP contribution in [0, 0.1) is 11.3 Å². The van der Waals surface area contributed by atoms with E-state index in [1.54, 1.807) is 24.3 Å². The van der Waals surface area contributed by atoms with Crippen molar-refractivity contribution in [2.24, 2.45) is 0 Å². The normalized spacial score (nSPS) is 12.5. The Morgan fingerprint density at radius 3 is 2.43 bits per heavy atom. The van der Waals surface area contributed by atoms with E-state index in [0.717, 1.165) is 16.7 Å². The highest BCUT2D eigenvalue weighted by Crippen LogP contribution is 2.26. The van der Waals surface area contributed by atoms with Gasteiger partial charge in [-0.15, -0.1) is 0 Å². The van der Waals surface area contributed by atoms with Gasteiger partial charge in [-0.3, -0.25) is 9.59 Å². The Labute approximate surface area is 163 Å². The number of rotatable bonds is 5. The number of ketones is 1. The Bertz CT molecular complexity index is 1080. The molecule has 4 nitrogen and oxygen atoms in total. The van der Waals surface area contributed by atoms with E-state index in [4.69, 9.17) is 5.26 Å². The van der Waals surface area contributed by atoms with E-state index in [1.807, 2.05) is 59.5 Å². The molecule has 1 aliphatic heterocycles. The molecule has 4 heteroatoms. The van der Waals surface area contributed by atoms with Crippen LogP contribution in [0.25, 0.3) is 0 Å². The molecule has 0 aromatic heterocycles. The fourth-order valence-corrected chi connectivity index (χ4v) is 3.49. The molecule has 1 heterocycles. The summed E-state index contributed by atoms with van der Waals surface area (Å²) in [4.78, 5) is 27.0.